The highest BCUT2D eigenvalue weighted by Gasteiger charge is 2.42. The Bertz CT molecular complexity index is 532. The van der Waals surface area contributed by atoms with E-state index in [0.29, 0.717) is 13.0 Å². The third kappa shape index (κ3) is 4.83. The fourth-order valence-electron chi connectivity index (χ4n) is 4.42. The van der Waals surface area contributed by atoms with Gasteiger partial charge in [-0.2, -0.15) is 0 Å². The van der Waals surface area contributed by atoms with Gasteiger partial charge in [0.2, 0.25) is 0 Å². The molecule has 0 atom stereocenters. The molecule has 25 heavy (non-hydrogen) atoms. The number of ether oxygens (including phenoxy) is 1. The average Bonchev–Trinajstić information content (AvgIpc) is 2.65. The van der Waals surface area contributed by atoms with Gasteiger partial charge in [-0.25, -0.2) is 0 Å². The molecule has 0 bridgehead atoms. The van der Waals surface area contributed by atoms with Gasteiger partial charge in [0.05, 0.1) is 13.0 Å². The van der Waals surface area contributed by atoms with E-state index in [-0.39, 0.29) is 11.5 Å². The van der Waals surface area contributed by atoms with E-state index in [1.165, 1.54) is 24.8 Å². The van der Waals surface area contributed by atoms with Gasteiger partial charge in [-0.05, 0) is 51.3 Å². The Balaban J connectivity index is 1.64. The Kier molecular flexibility index (Phi) is 6.49. The summed E-state index contributed by atoms with van der Waals surface area (Å²) in [6.45, 7) is 7.78. The van der Waals surface area contributed by atoms with E-state index in [2.05, 4.69) is 40.1 Å². The molecule has 2 aliphatic rings. The highest BCUT2D eigenvalue weighted by Crippen LogP contribution is 2.35. The molecule has 1 aromatic rings. The molecule has 4 heteroatoms. The quantitative estimate of drug-likeness (QED) is 0.740. The molecule has 0 aromatic heterocycles. The van der Waals surface area contributed by atoms with Crippen molar-refractivity contribution in [3.63, 3.8) is 0 Å². The zero-order valence-electron chi connectivity index (χ0n) is 15.6. The van der Waals surface area contributed by atoms with E-state index >= 15 is 0 Å². The highest BCUT2D eigenvalue weighted by atomic mass is 16.5. The molecule has 3 rings (SSSR count). The molecule has 2 aliphatic heterocycles. The Morgan fingerprint density at radius 1 is 1.04 bits per heavy atom. The topological polar surface area (TPSA) is 32.8 Å². The first-order valence-corrected chi connectivity index (χ1v) is 9.89. The summed E-state index contributed by atoms with van der Waals surface area (Å²) in [5.74, 6) is -0.0235. The lowest BCUT2D eigenvalue weighted by Crippen LogP contribution is -2.57. The number of carbonyl (C=O) groups is 1. The SMILES string of the molecule is CCOC(=O)CC1(N2CCCCC2)CCN(Cc2ccccc2)CC1. The van der Waals surface area contributed by atoms with Gasteiger partial charge in [0.1, 0.15) is 0 Å². The summed E-state index contributed by atoms with van der Waals surface area (Å²) < 4.78 is 5.30. The lowest BCUT2D eigenvalue weighted by atomic mass is 9.81. The number of piperidine rings is 2. The van der Waals surface area contributed by atoms with E-state index < -0.39 is 0 Å². The van der Waals surface area contributed by atoms with Crippen LogP contribution in [0.25, 0.3) is 0 Å². The number of rotatable bonds is 6. The van der Waals surface area contributed by atoms with Gasteiger partial charge in [0.25, 0.3) is 0 Å². The Morgan fingerprint density at radius 3 is 2.36 bits per heavy atom. The predicted octanol–water partition coefficient (Wildman–Crippen LogP) is 3.46. The molecule has 2 fully saturated rings. The highest BCUT2D eigenvalue weighted by molar-refractivity contribution is 5.71. The molecule has 4 nitrogen and oxygen atoms in total. The smallest absolute Gasteiger partial charge is 0.307 e. The molecule has 0 unspecified atom stereocenters. The standard InChI is InChI=1S/C21H32N2O2/c1-2-25-20(24)17-21(23-13-7-4-8-14-23)11-15-22(16-12-21)18-19-9-5-3-6-10-19/h3,5-6,9-10H,2,4,7-8,11-18H2,1H3. The Morgan fingerprint density at radius 2 is 1.72 bits per heavy atom. The van der Waals surface area contributed by atoms with Crippen molar-refractivity contribution in [3.8, 4) is 0 Å². The van der Waals surface area contributed by atoms with E-state index in [0.717, 1.165) is 45.6 Å². The van der Waals surface area contributed by atoms with Gasteiger partial charge in [-0.15, -0.1) is 0 Å². The molecule has 0 aliphatic carbocycles. The van der Waals surface area contributed by atoms with Gasteiger partial charge < -0.3 is 4.74 Å². The molecule has 0 amide bonds. The van der Waals surface area contributed by atoms with Crippen molar-refractivity contribution >= 4 is 5.97 Å². The lowest BCUT2D eigenvalue weighted by molar-refractivity contribution is -0.148. The van der Waals surface area contributed by atoms with Crippen molar-refractivity contribution in [2.45, 2.75) is 57.5 Å². The van der Waals surface area contributed by atoms with Crippen LogP contribution < -0.4 is 0 Å². The summed E-state index contributed by atoms with van der Waals surface area (Å²) in [7, 11) is 0. The van der Waals surface area contributed by atoms with Crippen LogP contribution >= 0.6 is 0 Å². The van der Waals surface area contributed by atoms with Crippen LogP contribution in [0.5, 0.6) is 0 Å². The molecule has 0 spiro atoms. The molecular weight excluding hydrogens is 312 g/mol. The molecule has 0 N–H and O–H groups in total. The molecule has 2 saturated heterocycles. The number of likely N-dealkylation sites (tertiary alicyclic amines) is 2. The third-order valence-corrected chi connectivity index (χ3v) is 5.84. The number of carbonyl (C=O) groups excluding carboxylic acids is 1. The fourth-order valence-corrected chi connectivity index (χ4v) is 4.42. The first-order valence-electron chi connectivity index (χ1n) is 9.89. The maximum Gasteiger partial charge on any atom is 0.307 e. The van der Waals surface area contributed by atoms with Gasteiger partial charge in [-0.3, -0.25) is 14.6 Å². The van der Waals surface area contributed by atoms with Crippen molar-refractivity contribution in [1.29, 1.82) is 0 Å². The molecule has 0 saturated carbocycles. The van der Waals surface area contributed by atoms with Crippen LogP contribution in [0.2, 0.25) is 0 Å². The first-order chi connectivity index (χ1) is 12.2. The molecule has 0 radical (unpaired) electrons. The van der Waals surface area contributed by atoms with Crippen LogP contribution in [-0.2, 0) is 16.1 Å². The number of benzene rings is 1. The predicted molar refractivity (Wildman–Crippen MR) is 100 cm³/mol. The van der Waals surface area contributed by atoms with Crippen LogP contribution in [0.1, 0.15) is 51.0 Å². The van der Waals surface area contributed by atoms with Crippen molar-refractivity contribution in [3.05, 3.63) is 35.9 Å². The van der Waals surface area contributed by atoms with E-state index in [1.807, 2.05) is 6.92 Å². The summed E-state index contributed by atoms with van der Waals surface area (Å²) >= 11 is 0. The van der Waals surface area contributed by atoms with E-state index in [9.17, 15) is 4.79 Å². The summed E-state index contributed by atoms with van der Waals surface area (Å²) in [6, 6.07) is 10.7. The number of esters is 1. The van der Waals surface area contributed by atoms with Gasteiger partial charge in [-0.1, -0.05) is 36.8 Å². The second-order valence-electron chi connectivity index (χ2n) is 7.52. The monoisotopic (exact) mass is 344 g/mol. The lowest BCUT2D eigenvalue weighted by Gasteiger charge is -2.50. The Labute approximate surface area is 152 Å². The maximum atomic E-state index is 12.3. The maximum absolute atomic E-state index is 12.3. The van der Waals surface area contributed by atoms with Crippen LogP contribution in [0.3, 0.4) is 0 Å². The second kappa shape index (κ2) is 8.81. The van der Waals surface area contributed by atoms with Gasteiger partial charge in [0.15, 0.2) is 0 Å². The zero-order chi connectivity index (χ0) is 17.5. The third-order valence-electron chi connectivity index (χ3n) is 5.84. The van der Waals surface area contributed by atoms with Crippen molar-refractivity contribution in [2.75, 3.05) is 32.8 Å². The van der Waals surface area contributed by atoms with Gasteiger partial charge in [0, 0.05) is 25.2 Å². The molecular formula is C21H32N2O2. The van der Waals surface area contributed by atoms with Crippen LogP contribution in [0.4, 0.5) is 0 Å². The van der Waals surface area contributed by atoms with Crippen LogP contribution in [0.15, 0.2) is 30.3 Å². The number of hydrogen-bond donors (Lipinski definition) is 0. The van der Waals surface area contributed by atoms with E-state index in [4.69, 9.17) is 4.74 Å². The minimum Gasteiger partial charge on any atom is -0.466 e. The summed E-state index contributed by atoms with van der Waals surface area (Å²) in [4.78, 5) is 17.4. The molecule has 1 aromatic carbocycles. The average molecular weight is 344 g/mol. The van der Waals surface area contributed by atoms with Crippen molar-refractivity contribution in [1.82, 2.24) is 9.80 Å². The second-order valence-corrected chi connectivity index (χ2v) is 7.52. The first kappa shape index (κ1) is 18.4. The van der Waals surface area contributed by atoms with E-state index in [1.54, 1.807) is 0 Å². The Hall–Kier alpha value is -1.39. The van der Waals surface area contributed by atoms with Gasteiger partial charge >= 0.3 is 5.97 Å². The summed E-state index contributed by atoms with van der Waals surface area (Å²) in [6.07, 6.45) is 6.54. The van der Waals surface area contributed by atoms with Crippen LogP contribution in [-0.4, -0.2) is 54.1 Å². The number of hydrogen-bond acceptors (Lipinski definition) is 4. The minimum atomic E-state index is -0.0235. The molecule has 138 valence electrons. The zero-order valence-corrected chi connectivity index (χ0v) is 15.6. The largest absolute Gasteiger partial charge is 0.466 e. The normalized spacial score (nSPS) is 21.8. The fraction of sp³-hybridized carbons (Fsp3) is 0.667. The minimum absolute atomic E-state index is 0.0138. The summed E-state index contributed by atoms with van der Waals surface area (Å²) in [5, 5.41) is 0. The van der Waals surface area contributed by atoms with Crippen molar-refractivity contribution in [2.24, 2.45) is 0 Å². The van der Waals surface area contributed by atoms with Crippen LogP contribution in [0, 0.1) is 0 Å². The molecule has 2 heterocycles. The summed E-state index contributed by atoms with van der Waals surface area (Å²) in [5.41, 5.74) is 1.39. The van der Waals surface area contributed by atoms with Crippen molar-refractivity contribution < 1.29 is 9.53 Å². The number of nitrogens with zero attached hydrogens (tertiary/aromatic N) is 2.